The molecule has 7 heteroatoms. The van der Waals surface area contributed by atoms with Crippen molar-refractivity contribution in [2.45, 2.75) is 20.9 Å². The minimum Gasteiger partial charge on any atom is -0.497 e. The third kappa shape index (κ3) is 2.57. The number of carbonyl (C=O) groups excluding carboxylic acids is 1. The summed E-state index contributed by atoms with van der Waals surface area (Å²) in [4.78, 5) is 24.5. The van der Waals surface area contributed by atoms with E-state index in [2.05, 4.69) is 47.8 Å². The van der Waals surface area contributed by atoms with Crippen LogP contribution < -0.4 is 10.4 Å². The van der Waals surface area contributed by atoms with E-state index < -0.39 is 13.7 Å². The molecule has 0 aliphatic heterocycles. The topological polar surface area (TPSA) is 56.5 Å². The average molecular weight is 495 g/mol. The van der Waals surface area contributed by atoms with Gasteiger partial charge in [-0.25, -0.2) is 4.79 Å². The lowest BCUT2D eigenvalue weighted by Crippen LogP contribution is -2.23. The summed E-state index contributed by atoms with van der Waals surface area (Å²) in [6, 6.07) is 5.22. The van der Waals surface area contributed by atoms with Gasteiger partial charge in [-0.3, -0.25) is 4.79 Å². The van der Waals surface area contributed by atoms with Crippen molar-refractivity contribution in [1.29, 1.82) is 0 Å². The molecule has 1 aromatic heterocycles. The molecule has 0 saturated heterocycles. The lowest BCUT2D eigenvalue weighted by molar-refractivity contribution is 0.0987. The van der Waals surface area contributed by atoms with Crippen LogP contribution in [0.2, 0.25) is 0 Å². The van der Waals surface area contributed by atoms with Crippen molar-refractivity contribution in [3.8, 4) is 5.75 Å². The van der Waals surface area contributed by atoms with Crippen LogP contribution in [0, 0.1) is 0 Å². The van der Waals surface area contributed by atoms with Crippen molar-refractivity contribution in [2.24, 2.45) is 0 Å². The number of halogens is 3. The second-order valence-corrected chi connectivity index (χ2v) is 9.95. The molecule has 0 fully saturated rings. The van der Waals surface area contributed by atoms with Crippen LogP contribution >= 0.6 is 47.8 Å². The molecule has 22 heavy (non-hydrogen) atoms. The van der Waals surface area contributed by atoms with Gasteiger partial charge in [0, 0.05) is 17.0 Å². The molecule has 1 aliphatic carbocycles. The van der Waals surface area contributed by atoms with Gasteiger partial charge in [-0.15, -0.1) is 0 Å². The Balaban J connectivity index is 2.44. The zero-order valence-electron chi connectivity index (χ0n) is 11.5. The fourth-order valence-corrected chi connectivity index (χ4v) is 4.37. The molecule has 0 bridgehead atoms. The van der Waals surface area contributed by atoms with E-state index in [0.717, 1.165) is 0 Å². The number of fused-ring (bicyclic) bond motifs is 3. The fourth-order valence-electron chi connectivity index (χ4n) is 2.63. The minimum atomic E-state index is -0.656. The molecule has 3 rings (SSSR count). The van der Waals surface area contributed by atoms with E-state index in [1.54, 1.807) is 25.3 Å². The summed E-state index contributed by atoms with van der Waals surface area (Å²) < 4.78 is 9.86. The monoisotopic (exact) mass is 492 g/mol. The maximum absolute atomic E-state index is 12.5. The molecule has 1 aromatic carbocycles. The Morgan fingerprint density at radius 2 is 2.05 bits per heavy atom. The highest BCUT2D eigenvalue weighted by molar-refractivity contribution is 9.24. The van der Waals surface area contributed by atoms with Gasteiger partial charge >= 0.3 is 5.63 Å². The standard InChI is InChI=1S/C15H11Br3O4/c1-21-7-2-3-8-10(6-7)22-14(20)11-12(8)15(17,18)5-4-9(16)13(11)19/h2-3,6,9H,4-5H2,1H3. The molecule has 0 saturated carbocycles. The Bertz CT molecular complexity index is 825. The van der Waals surface area contributed by atoms with Crippen molar-refractivity contribution in [3.05, 3.63) is 39.7 Å². The second kappa shape index (κ2) is 5.76. The minimum absolute atomic E-state index is 0.0887. The van der Waals surface area contributed by atoms with Gasteiger partial charge in [-0.05, 0) is 25.0 Å². The number of carbonyl (C=O) groups is 1. The number of rotatable bonds is 1. The summed E-state index contributed by atoms with van der Waals surface area (Å²) in [6.07, 6.45) is 1.24. The Morgan fingerprint density at radius 1 is 1.32 bits per heavy atom. The second-order valence-electron chi connectivity index (χ2n) is 5.08. The number of hydrogen-bond donors (Lipinski definition) is 0. The van der Waals surface area contributed by atoms with Crippen LogP contribution in [0.15, 0.2) is 27.4 Å². The molecule has 0 amide bonds. The van der Waals surface area contributed by atoms with E-state index >= 15 is 0 Å². The van der Waals surface area contributed by atoms with Crippen LogP contribution in [0.25, 0.3) is 11.0 Å². The molecule has 1 unspecified atom stereocenters. The number of ketones is 1. The predicted octanol–water partition coefficient (Wildman–Crippen LogP) is 4.48. The normalized spacial score (nSPS) is 20.5. The zero-order valence-corrected chi connectivity index (χ0v) is 16.2. The predicted molar refractivity (Wildman–Crippen MR) is 94.8 cm³/mol. The van der Waals surface area contributed by atoms with Gasteiger partial charge in [0.2, 0.25) is 0 Å². The molecule has 1 aliphatic rings. The van der Waals surface area contributed by atoms with E-state index in [0.29, 0.717) is 35.1 Å². The van der Waals surface area contributed by atoms with Crippen molar-refractivity contribution in [2.75, 3.05) is 7.11 Å². The molecule has 4 nitrogen and oxygen atoms in total. The van der Waals surface area contributed by atoms with Crippen LogP contribution in [-0.2, 0) is 3.23 Å². The van der Waals surface area contributed by atoms with Gasteiger partial charge in [0.05, 0.1) is 11.9 Å². The zero-order chi connectivity index (χ0) is 16.1. The number of methoxy groups -OCH3 is 1. The molecule has 1 atom stereocenters. The lowest BCUT2D eigenvalue weighted by atomic mass is 9.99. The first-order valence-electron chi connectivity index (χ1n) is 6.56. The van der Waals surface area contributed by atoms with Crippen molar-refractivity contribution >= 4 is 64.5 Å². The number of benzene rings is 1. The Hall–Kier alpha value is -0.660. The fraction of sp³-hybridized carbons (Fsp3) is 0.333. The van der Waals surface area contributed by atoms with E-state index in [9.17, 15) is 9.59 Å². The van der Waals surface area contributed by atoms with Crippen LogP contribution in [-0.4, -0.2) is 17.7 Å². The summed E-state index contributed by atoms with van der Waals surface area (Å²) >= 11 is 10.6. The van der Waals surface area contributed by atoms with Crippen molar-refractivity contribution in [1.82, 2.24) is 0 Å². The molecule has 1 heterocycles. The molecule has 0 spiro atoms. The van der Waals surface area contributed by atoms with Gasteiger partial charge in [0.25, 0.3) is 0 Å². The average Bonchev–Trinajstić information content (AvgIpc) is 2.57. The largest absolute Gasteiger partial charge is 0.497 e. The Kier molecular flexibility index (Phi) is 4.24. The van der Waals surface area contributed by atoms with E-state index in [1.165, 1.54) is 0 Å². The highest BCUT2D eigenvalue weighted by atomic mass is 79.9. The maximum Gasteiger partial charge on any atom is 0.347 e. The van der Waals surface area contributed by atoms with Crippen LogP contribution in [0.4, 0.5) is 0 Å². The molecule has 0 radical (unpaired) electrons. The highest BCUT2D eigenvalue weighted by Gasteiger charge is 2.40. The summed E-state index contributed by atoms with van der Waals surface area (Å²) in [6.45, 7) is 0. The molecular weight excluding hydrogens is 484 g/mol. The quantitative estimate of drug-likeness (QED) is 0.333. The lowest BCUT2D eigenvalue weighted by Gasteiger charge is -2.21. The first kappa shape index (κ1) is 16.2. The Morgan fingerprint density at radius 3 is 2.73 bits per heavy atom. The molecule has 116 valence electrons. The molecule has 2 aromatic rings. The highest BCUT2D eigenvalue weighted by Crippen LogP contribution is 2.49. The first-order valence-corrected chi connectivity index (χ1v) is 9.07. The summed E-state index contributed by atoms with van der Waals surface area (Å²) in [7, 11) is 1.54. The van der Waals surface area contributed by atoms with Crippen LogP contribution in [0.1, 0.15) is 28.8 Å². The van der Waals surface area contributed by atoms with E-state index in [1.807, 2.05) is 0 Å². The molecular formula is C15H11Br3O4. The van der Waals surface area contributed by atoms with Gasteiger partial charge < -0.3 is 9.15 Å². The number of hydrogen-bond acceptors (Lipinski definition) is 4. The summed E-state index contributed by atoms with van der Waals surface area (Å²) in [5.41, 5.74) is 0.474. The van der Waals surface area contributed by atoms with E-state index in [4.69, 9.17) is 9.15 Å². The summed E-state index contributed by atoms with van der Waals surface area (Å²) in [5, 5.41) is 0.708. The SMILES string of the molecule is COc1ccc2c3c(c(=O)oc2c1)C(=O)C(Br)CCC3(Br)Br. The maximum atomic E-state index is 12.5. The molecule has 0 N–H and O–H groups in total. The summed E-state index contributed by atoms with van der Waals surface area (Å²) in [5.74, 6) is 0.339. The van der Waals surface area contributed by atoms with Crippen molar-refractivity contribution in [3.63, 3.8) is 0 Å². The number of Topliss-reactive ketones (excluding diaryl/α,β-unsaturated/α-hetero) is 1. The number of alkyl halides is 3. The van der Waals surface area contributed by atoms with Gasteiger partial charge in [-0.2, -0.15) is 0 Å². The van der Waals surface area contributed by atoms with E-state index in [-0.39, 0.29) is 11.3 Å². The van der Waals surface area contributed by atoms with Gasteiger partial charge in [0.1, 0.15) is 20.1 Å². The van der Waals surface area contributed by atoms with Crippen LogP contribution in [0.3, 0.4) is 0 Å². The third-order valence-electron chi connectivity index (χ3n) is 3.72. The number of ether oxygens (including phenoxy) is 1. The van der Waals surface area contributed by atoms with Crippen LogP contribution in [0.5, 0.6) is 5.75 Å². The van der Waals surface area contributed by atoms with Gasteiger partial charge in [0.15, 0.2) is 5.78 Å². The van der Waals surface area contributed by atoms with Crippen molar-refractivity contribution < 1.29 is 13.9 Å². The smallest absolute Gasteiger partial charge is 0.347 e. The third-order valence-corrected chi connectivity index (χ3v) is 6.18. The first-order chi connectivity index (χ1) is 10.3. The van der Waals surface area contributed by atoms with Gasteiger partial charge in [-0.1, -0.05) is 47.8 Å². The Labute approximate surface area is 151 Å².